The minimum atomic E-state index is -0.989. The molecule has 0 aliphatic rings. The molecule has 94 valence electrons. The van der Waals surface area contributed by atoms with Gasteiger partial charge < -0.3 is 4.74 Å². The smallest absolute Gasteiger partial charge is 0.140 e. The van der Waals surface area contributed by atoms with E-state index in [0.29, 0.717) is 6.73 Å². The second-order valence-electron chi connectivity index (χ2n) is 5.29. The summed E-state index contributed by atoms with van der Waals surface area (Å²) in [6.45, 7) is 8.47. The average molecular weight is 333 g/mol. The van der Waals surface area contributed by atoms with Crippen LogP contribution in [-0.4, -0.2) is 24.5 Å². The minimum Gasteiger partial charge on any atom is -0.360 e. The van der Waals surface area contributed by atoms with Gasteiger partial charge in [0, 0.05) is 14.7 Å². The van der Waals surface area contributed by atoms with Crippen LogP contribution in [-0.2, 0) is 11.5 Å². The van der Waals surface area contributed by atoms with Crippen molar-refractivity contribution in [3.8, 4) is 0 Å². The normalized spacial score (nSPS) is 12.5. The molecule has 2 aromatic heterocycles. The molecule has 3 nitrogen and oxygen atoms in total. The fraction of sp³-hybridized carbons (Fsp3) is 0.545. The van der Waals surface area contributed by atoms with Crippen LogP contribution in [0.5, 0.6) is 0 Å². The van der Waals surface area contributed by atoms with E-state index in [4.69, 9.17) is 4.74 Å². The van der Waals surface area contributed by atoms with Crippen molar-refractivity contribution < 1.29 is 4.74 Å². The molecule has 0 saturated carbocycles. The van der Waals surface area contributed by atoms with Gasteiger partial charge in [-0.1, -0.05) is 19.6 Å². The highest BCUT2D eigenvalue weighted by Gasteiger charge is 2.12. The number of nitrogens with zero attached hydrogens (tertiary/aromatic N) is 2. The first-order chi connectivity index (χ1) is 7.96. The Kier molecular flexibility index (Phi) is 4.07. The lowest BCUT2D eigenvalue weighted by atomic mass is 10.5. The second-order valence-corrected chi connectivity index (χ2v) is 13.4. The van der Waals surface area contributed by atoms with Gasteiger partial charge in [0.25, 0.3) is 0 Å². The number of thiophene rings is 1. The topological polar surface area (TPSA) is 27.1 Å². The van der Waals surface area contributed by atoms with Crippen molar-refractivity contribution in [1.82, 2.24) is 9.78 Å². The lowest BCUT2D eigenvalue weighted by Crippen LogP contribution is -2.22. The molecule has 0 atom stereocenters. The van der Waals surface area contributed by atoms with Gasteiger partial charge >= 0.3 is 0 Å². The van der Waals surface area contributed by atoms with E-state index in [2.05, 4.69) is 46.7 Å². The number of ether oxygens (including phenoxy) is 1. The summed E-state index contributed by atoms with van der Waals surface area (Å²) in [4.78, 5) is 0. The molecule has 6 heteroatoms. The van der Waals surface area contributed by atoms with Gasteiger partial charge in [0.2, 0.25) is 0 Å². The molecule has 0 bridgehead atoms. The Morgan fingerprint density at radius 1 is 1.47 bits per heavy atom. The fourth-order valence-corrected chi connectivity index (χ4v) is 3.72. The van der Waals surface area contributed by atoms with Gasteiger partial charge in [-0.25, -0.2) is 4.68 Å². The summed E-state index contributed by atoms with van der Waals surface area (Å²) in [6, 6.07) is 3.29. The largest absolute Gasteiger partial charge is 0.360 e. The third kappa shape index (κ3) is 3.64. The number of rotatable bonds is 5. The van der Waals surface area contributed by atoms with Crippen molar-refractivity contribution in [3.05, 3.63) is 16.0 Å². The van der Waals surface area contributed by atoms with Gasteiger partial charge in [-0.2, -0.15) is 5.10 Å². The molecular formula is C11H17BrN2OSSi. The summed E-state index contributed by atoms with van der Waals surface area (Å²) in [7, 11) is -0.989. The minimum absolute atomic E-state index is 0.553. The quantitative estimate of drug-likeness (QED) is 0.606. The van der Waals surface area contributed by atoms with E-state index >= 15 is 0 Å². The Bertz CT molecular complexity index is 503. The first-order valence-electron chi connectivity index (χ1n) is 5.64. The van der Waals surface area contributed by atoms with Crippen LogP contribution < -0.4 is 0 Å². The summed E-state index contributed by atoms with van der Waals surface area (Å²) in [5.41, 5.74) is 1.15. The van der Waals surface area contributed by atoms with Crippen LogP contribution in [0.15, 0.2) is 16.0 Å². The third-order valence-electron chi connectivity index (χ3n) is 2.51. The fourth-order valence-electron chi connectivity index (χ4n) is 1.48. The standard InChI is InChI=1S/C11H17BrN2OSSi/c1-17(2,3)5-4-15-8-14-9-6-11(12)16-10(9)7-13-14/h6-7H,4-5,8H2,1-3H3. The molecule has 0 radical (unpaired) electrons. The Morgan fingerprint density at radius 3 is 2.94 bits per heavy atom. The van der Waals surface area contributed by atoms with E-state index in [1.54, 1.807) is 11.3 Å². The van der Waals surface area contributed by atoms with Gasteiger partial charge in [-0.05, 0) is 28.0 Å². The average Bonchev–Trinajstić information content (AvgIpc) is 2.71. The predicted molar refractivity (Wildman–Crippen MR) is 79.4 cm³/mol. The van der Waals surface area contributed by atoms with Crippen LogP contribution >= 0.6 is 27.3 Å². The van der Waals surface area contributed by atoms with E-state index in [-0.39, 0.29) is 0 Å². The van der Waals surface area contributed by atoms with Crippen molar-refractivity contribution in [3.63, 3.8) is 0 Å². The first kappa shape index (κ1) is 13.3. The zero-order valence-electron chi connectivity index (χ0n) is 10.4. The maximum absolute atomic E-state index is 5.70. The first-order valence-corrected chi connectivity index (χ1v) is 11.0. The van der Waals surface area contributed by atoms with E-state index in [1.807, 2.05) is 10.9 Å². The summed E-state index contributed by atoms with van der Waals surface area (Å²) < 4.78 is 9.95. The number of aromatic nitrogens is 2. The number of hydrogen-bond acceptors (Lipinski definition) is 3. The van der Waals surface area contributed by atoms with Crippen LogP contribution in [0.1, 0.15) is 0 Å². The van der Waals surface area contributed by atoms with Crippen molar-refractivity contribution in [2.24, 2.45) is 0 Å². The molecular weight excluding hydrogens is 316 g/mol. The highest BCUT2D eigenvalue weighted by molar-refractivity contribution is 9.11. The predicted octanol–water partition coefficient (Wildman–Crippen LogP) is 4.17. The number of fused-ring (bicyclic) bond motifs is 1. The molecule has 0 aromatic carbocycles. The summed E-state index contributed by atoms with van der Waals surface area (Å²) in [5.74, 6) is 0. The van der Waals surface area contributed by atoms with E-state index in [0.717, 1.165) is 15.9 Å². The van der Waals surface area contributed by atoms with Gasteiger partial charge in [-0.15, -0.1) is 11.3 Å². The van der Waals surface area contributed by atoms with Crippen molar-refractivity contribution in [2.75, 3.05) is 6.61 Å². The van der Waals surface area contributed by atoms with Crippen LogP contribution in [0.2, 0.25) is 25.7 Å². The van der Waals surface area contributed by atoms with Crippen LogP contribution in [0.25, 0.3) is 10.2 Å². The zero-order chi connectivity index (χ0) is 12.5. The zero-order valence-corrected chi connectivity index (χ0v) is 13.8. The highest BCUT2D eigenvalue weighted by Crippen LogP contribution is 2.29. The highest BCUT2D eigenvalue weighted by atomic mass is 79.9. The molecule has 17 heavy (non-hydrogen) atoms. The molecule has 2 heterocycles. The van der Waals surface area contributed by atoms with Crippen LogP contribution in [0.4, 0.5) is 0 Å². The van der Waals surface area contributed by atoms with E-state index < -0.39 is 8.07 Å². The Balaban J connectivity index is 1.91. The Hall–Kier alpha value is -0.173. The second kappa shape index (κ2) is 5.22. The van der Waals surface area contributed by atoms with E-state index in [1.165, 1.54) is 10.7 Å². The van der Waals surface area contributed by atoms with Gasteiger partial charge in [0.1, 0.15) is 6.73 Å². The monoisotopic (exact) mass is 332 g/mol. The Labute approximate surface area is 115 Å². The van der Waals surface area contributed by atoms with Crippen LogP contribution in [0.3, 0.4) is 0 Å². The summed E-state index contributed by atoms with van der Waals surface area (Å²) in [6.07, 6.45) is 1.90. The number of halogens is 1. The molecule has 0 aliphatic carbocycles. The van der Waals surface area contributed by atoms with Crippen molar-refractivity contribution >= 4 is 45.6 Å². The molecule has 0 fully saturated rings. The van der Waals surface area contributed by atoms with E-state index in [9.17, 15) is 0 Å². The maximum Gasteiger partial charge on any atom is 0.140 e. The summed E-state index contributed by atoms with van der Waals surface area (Å²) >= 11 is 5.19. The van der Waals surface area contributed by atoms with Gasteiger partial charge in [0.15, 0.2) is 0 Å². The molecule has 0 N–H and O–H groups in total. The third-order valence-corrected chi connectivity index (χ3v) is 5.78. The number of hydrogen-bond donors (Lipinski definition) is 0. The SMILES string of the molecule is C[Si](C)(C)CCOCn1ncc2sc(Br)cc21. The lowest BCUT2D eigenvalue weighted by molar-refractivity contribution is 0.0817. The lowest BCUT2D eigenvalue weighted by Gasteiger charge is -2.15. The molecule has 0 spiro atoms. The van der Waals surface area contributed by atoms with Crippen molar-refractivity contribution in [1.29, 1.82) is 0 Å². The van der Waals surface area contributed by atoms with Crippen LogP contribution in [0, 0.1) is 0 Å². The molecule has 0 amide bonds. The van der Waals surface area contributed by atoms with Gasteiger partial charge in [-0.3, -0.25) is 0 Å². The molecule has 2 rings (SSSR count). The molecule has 2 aromatic rings. The van der Waals surface area contributed by atoms with Gasteiger partial charge in [0.05, 0.1) is 20.2 Å². The molecule has 0 aliphatic heterocycles. The molecule has 0 unspecified atom stereocenters. The maximum atomic E-state index is 5.70. The Morgan fingerprint density at radius 2 is 2.24 bits per heavy atom. The van der Waals surface area contributed by atoms with Crippen molar-refractivity contribution in [2.45, 2.75) is 32.4 Å². The molecule has 0 saturated heterocycles. The summed E-state index contributed by atoms with van der Waals surface area (Å²) in [5, 5.41) is 4.32.